The first-order valence-electron chi connectivity index (χ1n) is 8.23. The summed E-state index contributed by atoms with van der Waals surface area (Å²) < 4.78 is 32.4. The molecule has 25 heavy (non-hydrogen) atoms. The molecule has 1 aliphatic rings. The number of nitrogens with zero attached hydrogens (tertiary/aromatic N) is 1. The second-order valence-electron chi connectivity index (χ2n) is 5.87. The number of esters is 1. The minimum absolute atomic E-state index is 0.108. The number of halogens is 1. The molecule has 0 N–H and O–H groups in total. The molecule has 3 rings (SSSR count). The van der Waals surface area contributed by atoms with Gasteiger partial charge in [0.2, 0.25) is 5.43 Å². The van der Waals surface area contributed by atoms with Crippen LogP contribution in [0.3, 0.4) is 0 Å². The van der Waals surface area contributed by atoms with Crippen LogP contribution in [-0.2, 0) is 26.5 Å². The highest BCUT2D eigenvalue weighted by atomic mass is 19.1. The number of benzene rings is 1. The fourth-order valence-electron chi connectivity index (χ4n) is 3.04. The predicted molar refractivity (Wildman–Crippen MR) is 89.1 cm³/mol. The molecule has 2 heterocycles. The van der Waals surface area contributed by atoms with E-state index in [1.54, 1.807) is 24.5 Å². The third-order valence-electron chi connectivity index (χ3n) is 4.33. The van der Waals surface area contributed by atoms with Crippen LogP contribution in [0.2, 0.25) is 0 Å². The molecular formula is C18H20FNO5. The van der Waals surface area contributed by atoms with Crippen molar-refractivity contribution in [2.45, 2.75) is 33.1 Å². The number of pyridine rings is 1. The van der Waals surface area contributed by atoms with E-state index in [1.807, 2.05) is 6.92 Å². The average Bonchev–Trinajstić information content (AvgIpc) is 3.03. The second-order valence-corrected chi connectivity index (χ2v) is 5.87. The second kappa shape index (κ2) is 6.57. The lowest BCUT2D eigenvalue weighted by Gasteiger charge is -2.24. The van der Waals surface area contributed by atoms with Gasteiger partial charge in [0, 0.05) is 23.7 Å². The summed E-state index contributed by atoms with van der Waals surface area (Å²) in [5, 5.41) is 0.121. The molecule has 6 nitrogen and oxygen atoms in total. The Morgan fingerprint density at radius 1 is 1.32 bits per heavy atom. The van der Waals surface area contributed by atoms with Crippen LogP contribution in [-0.4, -0.2) is 30.4 Å². The van der Waals surface area contributed by atoms with Crippen LogP contribution in [0.15, 0.2) is 23.1 Å². The maximum atomic E-state index is 14.7. The largest absolute Gasteiger partial charge is 0.462 e. The molecule has 1 aromatic heterocycles. The van der Waals surface area contributed by atoms with E-state index in [0.717, 1.165) is 6.07 Å². The van der Waals surface area contributed by atoms with Gasteiger partial charge in [-0.1, -0.05) is 0 Å². The van der Waals surface area contributed by atoms with Gasteiger partial charge in [0.05, 0.1) is 25.3 Å². The molecule has 0 atom stereocenters. The van der Waals surface area contributed by atoms with E-state index >= 15 is 0 Å². The predicted octanol–water partition coefficient (Wildman–Crippen LogP) is 2.56. The van der Waals surface area contributed by atoms with Crippen molar-refractivity contribution in [2.75, 3.05) is 19.8 Å². The zero-order valence-electron chi connectivity index (χ0n) is 14.4. The first kappa shape index (κ1) is 17.6. The highest BCUT2D eigenvalue weighted by molar-refractivity contribution is 5.94. The lowest BCUT2D eigenvalue weighted by molar-refractivity contribution is -0.151. The van der Waals surface area contributed by atoms with Crippen molar-refractivity contribution in [3.63, 3.8) is 0 Å². The fourth-order valence-corrected chi connectivity index (χ4v) is 3.04. The Hall–Kier alpha value is -2.25. The van der Waals surface area contributed by atoms with Crippen molar-refractivity contribution >= 4 is 16.9 Å². The lowest BCUT2D eigenvalue weighted by atomic mass is 10.0. The normalized spacial score (nSPS) is 16.3. The van der Waals surface area contributed by atoms with Crippen LogP contribution in [0.25, 0.3) is 10.9 Å². The molecule has 0 aliphatic carbocycles. The molecule has 1 saturated heterocycles. The Balaban J connectivity index is 2.26. The Bertz CT molecular complexity index is 883. The molecule has 2 aromatic rings. The summed E-state index contributed by atoms with van der Waals surface area (Å²) >= 11 is 0. The zero-order valence-corrected chi connectivity index (χ0v) is 14.4. The number of fused-ring (bicyclic) bond motifs is 1. The standard InChI is InChI=1S/C18H20FNO5/c1-4-20-10-12(17(22)23-5-2)16(21)11-8-14(19)13(9-15(11)20)18(3)24-6-7-25-18/h8-10H,4-7H2,1-3H3. The van der Waals surface area contributed by atoms with Gasteiger partial charge in [-0.2, -0.15) is 0 Å². The molecule has 0 bridgehead atoms. The molecule has 134 valence electrons. The monoisotopic (exact) mass is 349 g/mol. The van der Waals surface area contributed by atoms with E-state index in [1.165, 1.54) is 6.20 Å². The first-order valence-corrected chi connectivity index (χ1v) is 8.23. The van der Waals surface area contributed by atoms with E-state index in [0.29, 0.717) is 25.3 Å². The summed E-state index contributed by atoms with van der Waals surface area (Å²) in [5.74, 6) is -2.51. The first-order chi connectivity index (χ1) is 11.9. The average molecular weight is 349 g/mol. The van der Waals surface area contributed by atoms with Gasteiger partial charge in [0.15, 0.2) is 5.79 Å². The molecule has 0 unspecified atom stereocenters. The van der Waals surface area contributed by atoms with Gasteiger partial charge < -0.3 is 18.8 Å². The van der Waals surface area contributed by atoms with Crippen LogP contribution >= 0.6 is 0 Å². The van der Waals surface area contributed by atoms with Gasteiger partial charge >= 0.3 is 5.97 Å². The van der Waals surface area contributed by atoms with Gasteiger partial charge in [-0.05, 0) is 32.9 Å². The number of ether oxygens (including phenoxy) is 3. The van der Waals surface area contributed by atoms with Crippen molar-refractivity contribution in [1.82, 2.24) is 4.57 Å². The number of carbonyl (C=O) groups is 1. The van der Waals surface area contributed by atoms with Gasteiger partial charge in [-0.25, -0.2) is 9.18 Å². The lowest BCUT2D eigenvalue weighted by Crippen LogP contribution is -2.26. The molecule has 0 spiro atoms. The molecular weight excluding hydrogens is 329 g/mol. The molecule has 1 aromatic carbocycles. The van der Waals surface area contributed by atoms with Gasteiger partial charge in [-0.3, -0.25) is 4.79 Å². The quantitative estimate of drug-likeness (QED) is 0.794. The maximum absolute atomic E-state index is 14.7. The molecule has 0 radical (unpaired) electrons. The fraction of sp³-hybridized carbons (Fsp3) is 0.444. The molecule has 1 fully saturated rings. The van der Waals surface area contributed by atoms with Crippen LogP contribution in [0.5, 0.6) is 0 Å². The van der Waals surface area contributed by atoms with Gasteiger partial charge in [0.1, 0.15) is 11.4 Å². The van der Waals surface area contributed by atoms with E-state index in [-0.39, 0.29) is 23.1 Å². The van der Waals surface area contributed by atoms with E-state index in [9.17, 15) is 14.0 Å². The SMILES string of the molecule is CCOC(=O)c1cn(CC)c2cc(C3(C)OCCO3)c(F)cc2c1=O. The minimum atomic E-state index is -1.19. The highest BCUT2D eigenvalue weighted by Crippen LogP contribution is 2.34. The number of aromatic nitrogens is 1. The van der Waals surface area contributed by atoms with Crippen molar-refractivity contribution in [3.8, 4) is 0 Å². The number of aryl methyl sites for hydroxylation is 1. The Kier molecular flexibility index (Phi) is 4.62. The summed E-state index contributed by atoms with van der Waals surface area (Å²) in [4.78, 5) is 24.7. The number of hydrogen-bond donors (Lipinski definition) is 0. The molecule has 1 aliphatic heterocycles. The highest BCUT2D eigenvalue weighted by Gasteiger charge is 2.36. The Morgan fingerprint density at radius 2 is 2.00 bits per heavy atom. The van der Waals surface area contributed by atoms with Crippen LogP contribution in [0.4, 0.5) is 4.39 Å². The minimum Gasteiger partial charge on any atom is -0.462 e. The summed E-state index contributed by atoms with van der Waals surface area (Å²) in [6, 6.07) is 2.69. The topological polar surface area (TPSA) is 66.8 Å². The molecule has 7 heteroatoms. The third-order valence-corrected chi connectivity index (χ3v) is 4.33. The summed E-state index contributed by atoms with van der Waals surface area (Å²) in [6.45, 7) is 6.56. The van der Waals surface area contributed by atoms with Crippen LogP contribution in [0, 0.1) is 5.82 Å². The summed E-state index contributed by atoms with van der Waals surface area (Å²) in [6.07, 6.45) is 1.45. The Labute approximate surface area is 144 Å². The van der Waals surface area contributed by atoms with Gasteiger partial charge in [-0.15, -0.1) is 0 Å². The molecule has 0 saturated carbocycles. The zero-order chi connectivity index (χ0) is 18.2. The van der Waals surface area contributed by atoms with E-state index in [2.05, 4.69) is 0 Å². The van der Waals surface area contributed by atoms with Crippen molar-refractivity contribution in [2.24, 2.45) is 0 Å². The smallest absolute Gasteiger partial charge is 0.343 e. The van der Waals surface area contributed by atoms with Crippen molar-refractivity contribution in [3.05, 3.63) is 45.5 Å². The number of hydrogen-bond acceptors (Lipinski definition) is 5. The van der Waals surface area contributed by atoms with Crippen LogP contribution in [0.1, 0.15) is 36.7 Å². The molecule has 0 amide bonds. The van der Waals surface area contributed by atoms with E-state index in [4.69, 9.17) is 14.2 Å². The summed E-state index contributed by atoms with van der Waals surface area (Å²) in [5.41, 5.74) is 0.0743. The maximum Gasteiger partial charge on any atom is 0.343 e. The Morgan fingerprint density at radius 3 is 2.60 bits per heavy atom. The number of carbonyl (C=O) groups excluding carboxylic acids is 1. The van der Waals surface area contributed by atoms with Gasteiger partial charge in [0.25, 0.3) is 0 Å². The van der Waals surface area contributed by atoms with E-state index < -0.39 is 23.0 Å². The van der Waals surface area contributed by atoms with Crippen molar-refractivity contribution < 1.29 is 23.4 Å². The third kappa shape index (κ3) is 2.94. The number of rotatable bonds is 4. The van der Waals surface area contributed by atoms with Crippen molar-refractivity contribution in [1.29, 1.82) is 0 Å². The summed E-state index contributed by atoms with van der Waals surface area (Å²) in [7, 11) is 0. The van der Waals surface area contributed by atoms with Crippen LogP contribution < -0.4 is 5.43 Å².